The monoisotopic (exact) mass is 298 g/mol. The molecule has 0 aliphatic carbocycles. The van der Waals surface area contributed by atoms with Crippen LogP contribution in [0.25, 0.3) is 0 Å². The van der Waals surface area contributed by atoms with Crippen LogP contribution < -0.4 is 5.32 Å². The van der Waals surface area contributed by atoms with E-state index in [-0.39, 0.29) is 11.4 Å². The molecule has 0 radical (unpaired) electrons. The van der Waals surface area contributed by atoms with Gasteiger partial charge >= 0.3 is 0 Å². The Bertz CT molecular complexity index is 446. The van der Waals surface area contributed by atoms with Crippen LogP contribution >= 0.6 is 11.6 Å². The summed E-state index contributed by atoms with van der Waals surface area (Å²) in [6.45, 7) is 9.06. The summed E-state index contributed by atoms with van der Waals surface area (Å²) in [6, 6.07) is 5.35. The first kappa shape index (κ1) is 15.7. The maximum atomic E-state index is 14.0. The van der Waals surface area contributed by atoms with Crippen LogP contribution in [0.3, 0.4) is 0 Å². The van der Waals surface area contributed by atoms with E-state index in [0.717, 1.165) is 25.9 Å². The molecule has 1 N–H and O–H groups in total. The average molecular weight is 299 g/mol. The van der Waals surface area contributed by atoms with Crippen molar-refractivity contribution < 1.29 is 4.39 Å². The number of hydrogen-bond acceptors (Lipinski definition) is 2. The molecule has 0 bridgehead atoms. The van der Waals surface area contributed by atoms with Crippen molar-refractivity contribution in [1.29, 1.82) is 0 Å². The zero-order valence-corrected chi connectivity index (χ0v) is 13.3. The van der Waals surface area contributed by atoms with E-state index in [0.29, 0.717) is 23.2 Å². The molecular weight excluding hydrogens is 275 g/mol. The molecule has 2 unspecified atom stereocenters. The van der Waals surface area contributed by atoms with E-state index in [1.54, 1.807) is 12.1 Å². The molecule has 1 aliphatic heterocycles. The van der Waals surface area contributed by atoms with Gasteiger partial charge in [0.15, 0.2) is 0 Å². The largest absolute Gasteiger partial charge is 0.309 e. The Balaban J connectivity index is 2.20. The first-order valence-electron chi connectivity index (χ1n) is 7.41. The molecule has 2 nitrogen and oxygen atoms in total. The fourth-order valence-electron chi connectivity index (χ4n) is 2.84. The van der Waals surface area contributed by atoms with Gasteiger partial charge in [-0.15, -0.1) is 0 Å². The standard InChI is InChI=1S/C16H24ClFN2/c1-4-12-9-19-16(3,5-2)11-20(12)10-13-14(17)7-6-8-15(13)18/h6-8,12,19H,4-5,9-11H2,1-3H3. The first-order chi connectivity index (χ1) is 9.49. The van der Waals surface area contributed by atoms with Gasteiger partial charge < -0.3 is 5.32 Å². The topological polar surface area (TPSA) is 15.3 Å². The van der Waals surface area contributed by atoms with Crippen molar-refractivity contribution in [2.24, 2.45) is 0 Å². The summed E-state index contributed by atoms with van der Waals surface area (Å²) in [6.07, 6.45) is 2.11. The maximum Gasteiger partial charge on any atom is 0.129 e. The molecule has 0 amide bonds. The molecule has 1 fully saturated rings. The van der Waals surface area contributed by atoms with Gasteiger partial charge in [-0.3, -0.25) is 4.90 Å². The summed E-state index contributed by atoms with van der Waals surface area (Å²) in [5.74, 6) is -0.205. The third-order valence-corrected chi connectivity index (χ3v) is 4.86. The Hall–Kier alpha value is -0.640. The molecule has 0 spiro atoms. The molecule has 1 aliphatic rings. The Morgan fingerprint density at radius 1 is 1.45 bits per heavy atom. The average Bonchev–Trinajstić information content (AvgIpc) is 2.43. The fourth-order valence-corrected chi connectivity index (χ4v) is 3.06. The van der Waals surface area contributed by atoms with E-state index < -0.39 is 0 Å². The SMILES string of the molecule is CCC1CNC(C)(CC)CN1Cc1c(F)cccc1Cl. The predicted octanol–water partition coefficient (Wildman–Crippen LogP) is 3.83. The van der Waals surface area contributed by atoms with Crippen molar-refractivity contribution in [3.05, 3.63) is 34.6 Å². The Kier molecular flexibility index (Phi) is 5.05. The molecule has 1 heterocycles. The van der Waals surface area contributed by atoms with E-state index in [1.165, 1.54) is 6.07 Å². The van der Waals surface area contributed by atoms with Crippen LogP contribution in [0.4, 0.5) is 4.39 Å². The fraction of sp³-hybridized carbons (Fsp3) is 0.625. The molecule has 1 saturated heterocycles. The van der Waals surface area contributed by atoms with Gasteiger partial charge in [0.1, 0.15) is 5.82 Å². The van der Waals surface area contributed by atoms with Crippen molar-refractivity contribution in [1.82, 2.24) is 10.2 Å². The van der Waals surface area contributed by atoms with Gasteiger partial charge in [0, 0.05) is 41.8 Å². The minimum atomic E-state index is -0.205. The number of nitrogens with zero attached hydrogens (tertiary/aromatic N) is 1. The van der Waals surface area contributed by atoms with Gasteiger partial charge in [-0.2, -0.15) is 0 Å². The van der Waals surface area contributed by atoms with Gasteiger partial charge in [-0.05, 0) is 31.9 Å². The van der Waals surface area contributed by atoms with Crippen LogP contribution in [0, 0.1) is 5.82 Å². The van der Waals surface area contributed by atoms with Crippen LogP contribution in [0.5, 0.6) is 0 Å². The van der Waals surface area contributed by atoms with Gasteiger partial charge in [0.25, 0.3) is 0 Å². The van der Waals surface area contributed by atoms with Crippen molar-refractivity contribution in [3.63, 3.8) is 0 Å². The van der Waals surface area contributed by atoms with Crippen LogP contribution in [-0.4, -0.2) is 29.6 Å². The Morgan fingerprint density at radius 3 is 2.80 bits per heavy atom. The van der Waals surface area contributed by atoms with E-state index in [4.69, 9.17) is 11.6 Å². The molecule has 112 valence electrons. The summed E-state index contributed by atoms with van der Waals surface area (Å²) in [5.41, 5.74) is 0.719. The first-order valence-corrected chi connectivity index (χ1v) is 7.79. The van der Waals surface area contributed by atoms with E-state index in [2.05, 4.69) is 31.0 Å². The van der Waals surface area contributed by atoms with Crippen LogP contribution in [0.1, 0.15) is 39.2 Å². The highest BCUT2D eigenvalue weighted by atomic mass is 35.5. The van der Waals surface area contributed by atoms with E-state index in [9.17, 15) is 4.39 Å². The van der Waals surface area contributed by atoms with Crippen molar-refractivity contribution >= 4 is 11.6 Å². The predicted molar refractivity (Wildman–Crippen MR) is 82.6 cm³/mol. The zero-order chi connectivity index (χ0) is 14.8. The minimum absolute atomic E-state index is 0.101. The van der Waals surface area contributed by atoms with Crippen molar-refractivity contribution in [2.45, 2.75) is 51.7 Å². The van der Waals surface area contributed by atoms with E-state index >= 15 is 0 Å². The Labute approximate surface area is 126 Å². The quantitative estimate of drug-likeness (QED) is 0.909. The summed E-state index contributed by atoms with van der Waals surface area (Å²) in [5, 5.41) is 4.15. The van der Waals surface area contributed by atoms with Crippen molar-refractivity contribution in [2.75, 3.05) is 13.1 Å². The van der Waals surface area contributed by atoms with Gasteiger partial charge in [0.05, 0.1) is 0 Å². The van der Waals surface area contributed by atoms with Gasteiger partial charge in [0.2, 0.25) is 0 Å². The molecule has 20 heavy (non-hydrogen) atoms. The number of rotatable bonds is 4. The molecule has 0 saturated carbocycles. The second kappa shape index (κ2) is 6.42. The summed E-state index contributed by atoms with van der Waals surface area (Å²) >= 11 is 6.16. The lowest BCUT2D eigenvalue weighted by molar-refractivity contribution is 0.0745. The highest BCUT2D eigenvalue weighted by molar-refractivity contribution is 6.31. The van der Waals surface area contributed by atoms with Crippen LogP contribution in [-0.2, 0) is 6.54 Å². The number of nitrogens with one attached hydrogen (secondary N) is 1. The summed E-state index contributed by atoms with van der Waals surface area (Å²) in [4.78, 5) is 2.37. The maximum absolute atomic E-state index is 14.0. The number of piperazine rings is 1. The van der Waals surface area contributed by atoms with Gasteiger partial charge in [-0.25, -0.2) is 4.39 Å². The molecule has 4 heteroatoms. The third kappa shape index (κ3) is 3.33. The number of halogens is 2. The van der Waals surface area contributed by atoms with E-state index in [1.807, 2.05) is 0 Å². The Morgan fingerprint density at radius 2 is 2.20 bits per heavy atom. The molecular formula is C16H24ClFN2. The van der Waals surface area contributed by atoms with Gasteiger partial charge in [-0.1, -0.05) is 31.5 Å². The van der Waals surface area contributed by atoms with Crippen LogP contribution in [0.2, 0.25) is 5.02 Å². The zero-order valence-electron chi connectivity index (χ0n) is 12.5. The normalized spacial score (nSPS) is 27.8. The lowest BCUT2D eigenvalue weighted by Gasteiger charge is -2.46. The number of hydrogen-bond donors (Lipinski definition) is 1. The lowest BCUT2D eigenvalue weighted by atomic mass is 9.92. The molecule has 2 rings (SSSR count). The molecule has 2 atom stereocenters. The second-order valence-corrected chi connectivity index (χ2v) is 6.37. The molecule has 0 aromatic heterocycles. The highest BCUT2D eigenvalue weighted by Gasteiger charge is 2.34. The van der Waals surface area contributed by atoms with Crippen LogP contribution in [0.15, 0.2) is 18.2 Å². The minimum Gasteiger partial charge on any atom is -0.309 e. The second-order valence-electron chi connectivity index (χ2n) is 5.96. The third-order valence-electron chi connectivity index (χ3n) is 4.51. The smallest absolute Gasteiger partial charge is 0.129 e. The molecule has 1 aromatic rings. The lowest BCUT2D eigenvalue weighted by Crippen LogP contribution is -2.62. The highest BCUT2D eigenvalue weighted by Crippen LogP contribution is 2.26. The molecule has 1 aromatic carbocycles. The summed E-state index contributed by atoms with van der Waals surface area (Å²) < 4.78 is 14.0. The van der Waals surface area contributed by atoms with Crippen molar-refractivity contribution in [3.8, 4) is 0 Å². The number of benzene rings is 1. The summed E-state index contributed by atoms with van der Waals surface area (Å²) in [7, 11) is 0.